The molecule has 1 aliphatic rings. The lowest BCUT2D eigenvalue weighted by Crippen LogP contribution is -2.39. The molecule has 0 N–H and O–H groups in total. The Morgan fingerprint density at radius 1 is 1.00 bits per heavy atom. The van der Waals surface area contributed by atoms with E-state index in [1.165, 1.54) is 5.56 Å². The topological polar surface area (TPSA) is 38.8 Å². The number of benzene rings is 2. The highest BCUT2D eigenvalue weighted by molar-refractivity contribution is 5.97. The average molecular weight is 339 g/mol. The Bertz CT molecular complexity index is 703. The third-order valence-electron chi connectivity index (χ3n) is 4.92. The van der Waals surface area contributed by atoms with Gasteiger partial charge in [-0.2, -0.15) is 0 Å². The SMILES string of the molecule is COc1ccc(CC2CCN(C(=O)c3ccccc3OC)CC2)cc1. The van der Waals surface area contributed by atoms with E-state index >= 15 is 0 Å². The van der Waals surface area contributed by atoms with Crippen molar-refractivity contribution >= 4 is 5.91 Å². The Balaban J connectivity index is 1.56. The number of likely N-dealkylation sites (tertiary alicyclic amines) is 1. The summed E-state index contributed by atoms with van der Waals surface area (Å²) in [5.41, 5.74) is 1.98. The predicted molar refractivity (Wildman–Crippen MR) is 98.3 cm³/mol. The third-order valence-corrected chi connectivity index (χ3v) is 4.92. The van der Waals surface area contributed by atoms with Gasteiger partial charge in [0.25, 0.3) is 5.91 Å². The number of ether oxygens (including phenoxy) is 2. The van der Waals surface area contributed by atoms with E-state index in [0.29, 0.717) is 17.2 Å². The largest absolute Gasteiger partial charge is 0.497 e. The number of nitrogens with zero attached hydrogens (tertiary/aromatic N) is 1. The lowest BCUT2D eigenvalue weighted by Gasteiger charge is -2.32. The van der Waals surface area contributed by atoms with Crippen LogP contribution in [0.5, 0.6) is 11.5 Å². The van der Waals surface area contributed by atoms with Gasteiger partial charge in [0.05, 0.1) is 19.8 Å². The highest BCUT2D eigenvalue weighted by Gasteiger charge is 2.25. The molecule has 1 amide bonds. The van der Waals surface area contributed by atoms with Gasteiger partial charge in [0.15, 0.2) is 0 Å². The van der Waals surface area contributed by atoms with E-state index in [-0.39, 0.29) is 5.91 Å². The first-order chi connectivity index (χ1) is 12.2. The lowest BCUT2D eigenvalue weighted by molar-refractivity contribution is 0.0687. The van der Waals surface area contributed by atoms with Crippen LogP contribution in [0.2, 0.25) is 0 Å². The maximum Gasteiger partial charge on any atom is 0.257 e. The summed E-state index contributed by atoms with van der Waals surface area (Å²) >= 11 is 0. The van der Waals surface area contributed by atoms with Crippen molar-refractivity contribution in [2.24, 2.45) is 5.92 Å². The molecule has 1 aliphatic heterocycles. The number of methoxy groups -OCH3 is 2. The lowest BCUT2D eigenvalue weighted by atomic mass is 9.90. The van der Waals surface area contributed by atoms with Gasteiger partial charge in [-0.1, -0.05) is 24.3 Å². The fourth-order valence-electron chi connectivity index (χ4n) is 3.43. The van der Waals surface area contributed by atoms with Crippen LogP contribution in [0.3, 0.4) is 0 Å². The number of carbonyl (C=O) groups is 1. The van der Waals surface area contributed by atoms with Gasteiger partial charge in [-0.3, -0.25) is 4.79 Å². The second-order valence-corrected chi connectivity index (χ2v) is 6.49. The molecule has 1 fully saturated rings. The second kappa shape index (κ2) is 8.06. The summed E-state index contributed by atoms with van der Waals surface area (Å²) in [6, 6.07) is 15.7. The number of piperidine rings is 1. The first kappa shape index (κ1) is 17.3. The Morgan fingerprint density at radius 2 is 1.68 bits per heavy atom. The first-order valence-electron chi connectivity index (χ1n) is 8.76. The molecule has 0 atom stereocenters. The van der Waals surface area contributed by atoms with Crippen LogP contribution in [0.4, 0.5) is 0 Å². The fourth-order valence-corrected chi connectivity index (χ4v) is 3.43. The van der Waals surface area contributed by atoms with E-state index in [0.717, 1.165) is 38.1 Å². The Labute approximate surface area is 149 Å². The maximum absolute atomic E-state index is 12.7. The molecule has 1 heterocycles. The van der Waals surface area contributed by atoms with Crippen LogP contribution in [0.1, 0.15) is 28.8 Å². The summed E-state index contributed by atoms with van der Waals surface area (Å²) in [5.74, 6) is 2.23. The summed E-state index contributed by atoms with van der Waals surface area (Å²) in [4.78, 5) is 14.7. The first-order valence-corrected chi connectivity index (χ1v) is 8.76. The molecular weight excluding hydrogens is 314 g/mol. The van der Waals surface area contributed by atoms with Crippen LogP contribution >= 0.6 is 0 Å². The molecule has 4 heteroatoms. The van der Waals surface area contributed by atoms with Gasteiger partial charge >= 0.3 is 0 Å². The van der Waals surface area contributed by atoms with Crippen molar-refractivity contribution < 1.29 is 14.3 Å². The van der Waals surface area contributed by atoms with Crippen molar-refractivity contribution in [1.82, 2.24) is 4.90 Å². The van der Waals surface area contributed by atoms with Crippen LogP contribution in [-0.2, 0) is 6.42 Å². The van der Waals surface area contributed by atoms with Crippen molar-refractivity contribution in [2.45, 2.75) is 19.3 Å². The highest BCUT2D eigenvalue weighted by atomic mass is 16.5. The molecule has 25 heavy (non-hydrogen) atoms. The van der Waals surface area contributed by atoms with E-state index in [2.05, 4.69) is 12.1 Å². The van der Waals surface area contributed by atoms with Gasteiger partial charge in [-0.25, -0.2) is 0 Å². The summed E-state index contributed by atoms with van der Waals surface area (Å²) in [7, 11) is 3.29. The van der Waals surface area contributed by atoms with Crippen LogP contribution in [0.25, 0.3) is 0 Å². The Morgan fingerprint density at radius 3 is 2.32 bits per heavy atom. The zero-order valence-corrected chi connectivity index (χ0v) is 14.9. The average Bonchev–Trinajstić information content (AvgIpc) is 2.68. The molecule has 0 unspecified atom stereocenters. The summed E-state index contributed by atoms with van der Waals surface area (Å²) in [5, 5.41) is 0. The minimum atomic E-state index is 0.0698. The molecule has 3 rings (SSSR count). The molecule has 0 spiro atoms. The Hall–Kier alpha value is -2.49. The minimum Gasteiger partial charge on any atom is -0.497 e. The zero-order valence-electron chi connectivity index (χ0n) is 14.9. The van der Waals surface area contributed by atoms with Crippen LogP contribution in [0, 0.1) is 5.92 Å². The monoisotopic (exact) mass is 339 g/mol. The number of amides is 1. The zero-order chi connectivity index (χ0) is 17.6. The van der Waals surface area contributed by atoms with Crippen molar-refractivity contribution in [1.29, 1.82) is 0 Å². The van der Waals surface area contributed by atoms with Crippen molar-refractivity contribution in [3.63, 3.8) is 0 Å². The van der Waals surface area contributed by atoms with Crippen molar-refractivity contribution in [3.05, 3.63) is 59.7 Å². The number of carbonyl (C=O) groups excluding carboxylic acids is 1. The van der Waals surface area contributed by atoms with Gasteiger partial charge in [-0.05, 0) is 55.0 Å². The molecule has 0 saturated carbocycles. The van der Waals surface area contributed by atoms with E-state index in [4.69, 9.17) is 9.47 Å². The summed E-state index contributed by atoms with van der Waals surface area (Å²) in [6.45, 7) is 1.61. The van der Waals surface area contributed by atoms with Gasteiger partial charge < -0.3 is 14.4 Å². The molecule has 2 aromatic carbocycles. The number of hydrogen-bond acceptors (Lipinski definition) is 3. The fraction of sp³-hybridized carbons (Fsp3) is 0.381. The van der Waals surface area contributed by atoms with E-state index in [1.807, 2.05) is 41.3 Å². The second-order valence-electron chi connectivity index (χ2n) is 6.49. The third kappa shape index (κ3) is 4.13. The number of rotatable bonds is 5. The van der Waals surface area contributed by atoms with E-state index in [1.54, 1.807) is 14.2 Å². The van der Waals surface area contributed by atoms with Gasteiger partial charge in [-0.15, -0.1) is 0 Å². The van der Waals surface area contributed by atoms with Gasteiger partial charge in [0.1, 0.15) is 11.5 Å². The quantitative estimate of drug-likeness (QED) is 0.832. The molecule has 4 nitrogen and oxygen atoms in total. The molecule has 1 saturated heterocycles. The molecule has 0 radical (unpaired) electrons. The molecule has 0 aliphatic carbocycles. The van der Waals surface area contributed by atoms with E-state index in [9.17, 15) is 4.79 Å². The van der Waals surface area contributed by atoms with Crippen LogP contribution in [0.15, 0.2) is 48.5 Å². The normalized spacial score (nSPS) is 15.0. The predicted octanol–water partition coefficient (Wildman–Crippen LogP) is 3.80. The highest BCUT2D eigenvalue weighted by Crippen LogP contribution is 2.26. The molecule has 2 aromatic rings. The smallest absolute Gasteiger partial charge is 0.257 e. The molecule has 0 bridgehead atoms. The van der Waals surface area contributed by atoms with Crippen LogP contribution < -0.4 is 9.47 Å². The van der Waals surface area contributed by atoms with Crippen molar-refractivity contribution in [2.75, 3.05) is 27.3 Å². The van der Waals surface area contributed by atoms with Crippen molar-refractivity contribution in [3.8, 4) is 11.5 Å². The van der Waals surface area contributed by atoms with E-state index < -0.39 is 0 Å². The number of para-hydroxylation sites is 1. The molecule has 132 valence electrons. The van der Waals surface area contributed by atoms with Gasteiger partial charge in [0.2, 0.25) is 0 Å². The number of hydrogen-bond donors (Lipinski definition) is 0. The molecular formula is C21H25NO3. The minimum absolute atomic E-state index is 0.0698. The maximum atomic E-state index is 12.7. The standard InChI is InChI=1S/C21H25NO3/c1-24-18-9-7-16(8-10-18)15-17-11-13-22(14-12-17)21(23)19-5-3-4-6-20(19)25-2/h3-10,17H,11-15H2,1-2H3. The molecule has 0 aromatic heterocycles. The van der Waals surface area contributed by atoms with Gasteiger partial charge in [0, 0.05) is 13.1 Å². The Kier molecular flexibility index (Phi) is 5.59. The van der Waals surface area contributed by atoms with Crippen LogP contribution in [-0.4, -0.2) is 38.1 Å². The summed E-state index contributed by atoms with van der Waals surface area (Å²) in [6.07, 6.45) is 3.13. The summed E-state index contributed by atoms with van der Waals surface area (Å²) < 4.78 is 10.5.